The number of hydrogen-bond donors (Lipinski definition) is 3. The molecule has 0 radical (unpaired) electrons. The standard InChI is InChI=1S/C39H59N3O7/c1-10-11-12-13-14-18-24-42(35(45)31(26-43)41-37(47)49-39(7,8)9)33(32-27(2)20-19-21-28(32)3)34(44)40-30(36(46)48-38(4,5)6)25-29-22-16-15-17-23-29/h15-17,19-23,30-31,33,43H,10-14,18,24-26H2,1-9H3,(H,40,44)(H,41,47). The first-order valence-corrected chi connectivity index (χ1v) is 17.5. The zero-order valence-electron chi connectivity index (χ0n) is 31.1. The molecule has 272 valence electrons. The van der Waals surface area contributed by atoms with Gasteiger partial charge in [-0.25, -0.2) is 9.59 Å². The minimum absolute atomic E-state index is 0.172. The van der Waals surface area contributed by atoms with Gasteiger partial charge in [-0.2, -0.15) is 0 Å². The van der Waals surface area contributed by atoms with Gasteiger partial charge in [-0.15, -0.1) is 0 Å². The number of alkyl carbamates (subject to hydrolysis) is 1. The van der Waals surface area contributed by atoms with Crippen molar-refractivity contribution >= 4 is 23.9 Å². The van der Waals surface area contributed by atoms with Gasteiger partial charge in [-0.3, -0.25) is 9.59 Å². The van der Waals surface area contributed by atoms with E-state index < -0.39 is 59.8 Å². The van der Waals surface area contributed by atoms with Crippen LogP contribution in [0.3, 0.4) is 0 Å². The molecule has 10 heteroatoms. The van der Waals surface area contributed by atoms with Gasteiger partial charge in [0.15, 0.2) is 0 Å². The summed E-state index contributed by atoms with van der Waals surface area (Å²) in [5.74, 6) is -1.81. The van der Waals surface area contributed by atoms with E-state index in [1.54, 1.807) is 41.5 Å². The Kier molecular flexibility index (Phi) is 16.3. The SMILES string of the molecule is CCCCCCCCN(C(=O)C(CO)NC(=O)OC(C)(C)C)C(C(=O)NC(Cc1ccccc1)C(=O)OC(C)(C)C)c1c(C)cccc1C. The third kappa shape index (κ3) is 14.2. The lowest BCUT2D eigenvalue weighted by Gasteiger charge is -2.36. The highest BCUT2D eigenvalue weighted by Gasteiger charge is 2.39. The minimum atomic E-state index is -1.37. The molecule has 3 amide bonds. The van der Waals surface area contributed by atoms with Crippen molar-refractivity contribution in [2.75, 3.05) is 13.2 Å². The van der Waals surface area contributed by atoms with Crippen LogP contribution in [0.15, 0.2) is 48.5 Å². The number of aliphatic hydroxyl groups is 1. The monoisotopic (exact) mass is 681 g/mol. The number of carbonyl (C=O) groups is 4. The van der Waals surface area contributed by atoms with Gasteiger partial charge in [0.25, 0.3) is 0 Å². The number of rotatable bonds is 17. The Morgan fingerprint density at radius 1 is 0.755 bits per heavy atom. The molecule has 0 aliphatic carbocycles. The Bertz CT molecular complexity index is 1340. The van der Waals surface area contributed by atoms with E-state index in [1.807, 2.05) is 62.4 Å². The van der Waals surface area contributed by atoms with Crippen molar-refractivity contribution in [3.63, 3.8) is 0 Å². The molecule has 0 heterocycles. The summed E-state index contributed by atoms with van der Waals surface area (Å²) in [6.07, 6.45) is 4.95. The number of esters is 1. The lowest BCUT2D eigenvalue weighted by molar-refractivity contribution is -0.159. The van der Waals surface area contributed by atoms with Crippen LogP contribution in [0.5, 0.6) is 0 Å². The molecule has 0 saturated heterocycles. The molecule has 3 atom stereocenters. The summed E-state index contributed by atoms with van der Waals surface area (Å²) in [6.45, 7) is 15.7. The molecule has 2 rings (SSSR count). The Labute approximate surface area is 293 Å². The summed E-state index contributed by atoms with van der Waals surface area (Å²) in [5, 5.41) is 15.8. The molecule has 0 bridgehead atoms. The second-order valence-electron chi connectivity index (χ2n) is 14.7. The van der Waals surface area contributed by atoms with Gasteiger partial charge in [-0.05, 0) is 84.1 Å². The lowest BCUT2D eigenvalue weighted by atomic mass is 9.93. The van der Waals surface area contributed by atoms with E-state index in [2.05, 4.69) is 17.6 Å². The van der Waals surface area contributed by atoms with Crippen molar-refractivity contribution in [3.05, 3.63) is 70.8 Å². The first kappa shape index (κ1) is 41.3. The predicted molar refractivity (Wildman–Crippen MR) is 192 cm³/mol. The van der Waals surface area contributed by atoms with Crippen LogP contribution >= 0.6 is 0 Å². The molecule has 0 aliphatic rings. The van der Waals surface area contributed by atoms with Crippen molar-refractivity contribution in [1.82, 2.24) is 15.5 Å². The Balaban J connectivity index is 2.63. The van der Waals surface area contributed by atoms with E-state index >= 15 is 0 Å². The van der Waals surface area contributed by atoms with E-state index in [1.165, 1.54) is 4.90 Å². The fourth-order valence-corrected chi connectivity index (χ4v) is 5.62. The molecule has 0 aliphatic heterocycles. The van der Waals surface area contributed by atoms with Gasteiger partial charge in [0.1, 0.15) is 29.3 Å². The molecule has 0 spiro atoms. The van der Waals surface area contributed by atoms with Crippen LogP contribution in [0.1, 0.15) is 115 Å². The number of carbonyl (C=O) groups excluding carboxylic acids is 4. The van der Waals surface area contributed by atoms with Crippen molar-refractivity contribution in [1.29, 1.82) is 0 Å². The van der Waals surface area contributed by atoms with Gasteiger partial charge in [0.2, 0.25) is 11.8 Å². The van der Waals surface area contributed by atoms with Crippen LogP contribution in [-0.2, 0) is 30.3 Å². The summed E-state index contributed by atoms with van der Waals surface area (Å²) >= 11 is 0. The molecule has 0 aromatic heterocycles. The van der Waals surface area contributed by atoms with E-state index in [-0.39, 0.29) is 13.0 Å². The Morgan fingerprint density at radius 2 is 1.33 bits per heavy atom. The summed E-state index contributed by atoms with van der Waals surface area (Å²) < 4.78 is 11.1. The van der Waals surface area contributed by atoms with Crippen LogP contribution in [0.2, 0.25) is 0 Å². The largest absolute Gasteiger partial charge is 0.458 e. The first-order chi connectivity index (χ1) is 23.0. The van der Waals surface area contributed by atoms with Crippen LogP contribution in [0, 0.1) is 13.8 Å². The maximum Gasteiger partial charge on any atom is 0.408 e. The smallest absolute Gasteiger partial charge is 0.408 e. The summed E-state index contributed by atoms with van der Waals surface area (Å²) in [4.78, 5) is 56.8. The van der Waals surface area contributed by atoms with Crippen molar-refractivity contribution in [3.8, 4) is 0 Å². The third-order valence-electron chi connectivity index (χ3n) is 7.87. The third-order valence-corrected chi connectivity index (χ3v) is 7.87. The van der Waals surface area contributed by atoms with Crippen LogP contribution < -0.4 is 10.6 Å². The van der Waals surface area contributed by atoms with Crippen LogP contribution in [-0.4, -0.2) is 70.3 Å². The number of benzene rings is 2. The van der Waals surface area contributed by atoms with Crippen molar-refractivity contribution in [2.45, 2.75) is 137 Å². The molecular weight excluding hydrogens is 622 g/mol. The topological polar surface area (TPSA) is 134 Å². The average Bonchev–Trinajstić information content (AvgIpc) is 3.00. The summed E-state index contributed by atoms with van der Waals surface area (Å²) in [5.41, 5.74) is 1.35. The average molecular weight is 682 g/mol. The van der Waals surface area contributed by atoms with E-state index in [0.29, 0.717) is 12.0 Å². The molecular formula is C39H59N3O7. The predicted octanol–water partition coefficient (Wildman–Crippen LogP) is 6.49. The van der Waals surface area contributed by atoms with Gasteiger partial charge >= 0.3 is 12.1 Å². The normalized spacial score (nSPS) is 13.5. The second kappa shape index (κ2) is 19.3. The molecule has 49 heavy (non-hydrogen) atoms. The van der Waals surface area contributed by atoms with Gasteiger partial charge < -0.3 is 30.1 Å². The zero-order chi connectivity index (χ0) is 36.8. The van der Waals surface area contributed by atoms with Gasteiger partial charge in [-0.1, -0.05) is 87.6 Å². The maximum absolute atomic E-state index is 14.7. The fourth-order valence-electron chi connectivity index (χ4n) is 5.62. The minimum Gasteiger partial charge on any atom is -0.458 e. The van der Waals surface area contributed by atoms with Crippen molar-refractivity contribution < 1.29 is 33.8 Å². The molecule has 0 fully saturated rings. The van der Waals surface area contributed by atoms with E-state index in [9.17, 15) is 24.3 Å². The number of aryl methyl sites for hydroxylation is 2. The van der Waals surface area contributed by atoms with E-state index in [0.717, 1.165) is 48.8 Å². The lowest BCUT2D eigenvalue weighted by Crippen LogP contribution is -2.56. The summed E-state index contributed by atoms with van der Waals surface area (Å²) in [6, 6.07) is 11.3. The van der Waals surface area contributed by atoms with Gasteiger partial charge in [0, 0.05) is 13.0 Å². The molecule has 2 aromatic carbocycles. The number of hydrogen-bond acceptors (Lipinski definition) is 7. The molecule has 2 aromatic rings. The highest BCUT2D eigenvalue weighted by atomic mass is 16.6. The van der Waals surface area contributed by atoms with Crippen LogP contribution in [0.25, 0.3) is 0 Å². The number of amides is 3. The van der Waals surface area contributed by atoms with Crippen LogP contribution in [0.4, 0.5) is 4.79 Å². The number of unbranched alkanes of at least 4 members (excludes halogenated alkanes) is 5. The number of nitrogens with zero attached hydrogens (tertiary/aromatic N) is 1. The molecule has 3 unspecified atom stereocenters. The quantitative estimate of drug-likeness (QED) is 0.128. The second-order valence-corrected chi connectivity index (χ2v) is 14.7. The van der Waals surface area contributed by atoms with Crippen molar-refractivity contribution in [2.24, 2.45) is 0 Å². The fraction of sp³-hybridized carbons (Fsp3) is 0.590. The summed E-state index contributed by atoms with van der Waals surface area (Å²) in [7, 11) is 0. The number of aliphatic hydroxyl groups excluding tert-OH is 1. The maximum atomic E-state index is 14.7. The van der Waals surface area contributed by atoms with Gasteiger partial charge in [0.05, 0.1) is 6.61 Å². The number of ether oxygens (including phenoxy) is 2. The Morgan fingerprint density at radius 3 is 1.88 bits per heavy atom. The first-order valence-electron chi connectivity index (χ1n) is 17.5. The molecule has 10 nitrogen and oxygen atoms in total. The molecule has 3 N–H and O–H groups in total. The highest BCUT2D eigenvalue weighted by Crippen LogP contribution is 2.30. The van der Waals surface area contributed by atoms with E-state index in [4.69, 9.17) is 9.47 Å². The molecule has 0 saturated carbocycles. The Hall–Kier alpha value is -3.92. The highest BCUT2D eigenvalue weighted by molar-refractivity contribution is 5.94. The zero-order valence-corrected chi connectivity index (χ0v) is 31.1. The number of nitrogens with one attached hydrogen (secondary N) is 2.